The van der Waals surface area contributed by atoms with Crippen LogP contribution in [0.3, 0.4) is 0 Å². The number of aryl methyl sites for hydroxylation is 1. The monoisotopic (exact) mass is 393 g/mol. The van der Waals surface area contributed by atoms with Crippen LogP contribution in [0.4, 0.5) is 0 Å². The summed E-state index contributed by atoms with van der Waals surface area (Å²) in [5.41, 5.74) is 1.00. The van der Waals surface area contributed by atoms with Crippen molar-refractivity contribution in [2.75, 3.05) is 19.6 Å². The summed E-state index contributed by atoms with van der Waals surface area (Å²) in [6.45, 7) is 6.31. The number of amides is 2. The fourth-order valence-electron chi connectivity index (χ4n) is 3.10. The van der Waals surface area contributed by atoms with E-state index in [2.05, 4.69) is 17.2 Å². The third-order valence-electron chi connectivity index (χ3n) is 4.58. The first-order chi connectivity index (χ1) is 12.9. The molecule has 0 bridgehead atoms. The van der Waals surface area contributed by atoms with Gasteiger partial charge in [0.15, 0.2) is 0 Å². The van der Waals surface area contributed by atoms with E-state index in [4.69, 9.17) is 0 Å². The summed E-state index contributed by atoms with van der Waals surface area (Å²) in [7, 11) is -3.58. The number of piperidine rings is 1. The third kappa shape index (κ3) is 5.64. The summed E-state index contributed by atoms with van der Waals surface area (Å²) in [4.78, 5) is 23.6. The molecule has 0 aromatic heterocycles. The Hall–Kier alpha value is -2.19. The summed E-state index contributed by atoms with van der Waals surface area (Å²) >= 11 is 0. The highest BCUT2D eigenvalue weighted by Gasteiger charge is 2.33. The quantitative estimate of drug-likeness (QED) is 0.540. The van der Waals surface area contributed by atoms with Gasteiger partial charge in [0.2, 0.25) is 10.0 Å². The van der Waals surface area contributed by atoms with Gasteiger partial charge in [-0.2, -0.15) is 4.31 Å². The molecule has 2 rings (SSSR count). The van der Waals surface area contributed by atoms with Gasteiger partial charge in [-0.3, -0.25) is 9.59 Å². The van der Waals surface area contributed by atoms with E-state index >= 15 is 0 Å². The van der Waals surface area contributed by atoms with Gasteiger partial charge in [-0.1, -0.05) is 30.2 Å². The molecular formula is C19H27N3O4S. The first-order valence-corrected chi connectivity index (χ1v) is 10.6. The zero-order chi connectivity index (χ0) is 19.9. The number of nitrogens with one attached hydrogen (secondary N) is 2. The number of hydrogen-bond donors (Lipinski definition) is 2. The lowest BCUT2D eigenvalue weighted by Gasteiger charge is -2.34. The average molecular weight is 394 g/mol. The molecule has 0 saturated carbocycles. The van der Waals surface area contributed by atoms with Gasteiger partial charge in [0.1, 0.15) is 0 Å². The number of carbonyl (C=O) groups is 2. The van der Waals surface area contributed by atoms with E-state index in [0.717, 1.165) is 24.8 Å². The Labute approximate surface area is 160 Å². The molecule has 1 aliphatic rings. The van der Waals surface area contributed by atoms with E-state index in [1.165, 1.54) is 10.4 Å². The van der Waals surface area contributed by atoms with Crippen LogP contribution in [0.25, 0.3) is 0 Å². The standard InChI is InChI=1S/C19H27N3O4S/c1-3-12-20-18(23)19(24)21-13-11-16-6-4-5-14-22(16)27(25,26)17-9-7-15(2)8-10-17/h3,7-10,16H,1,4-6,11-14H2,2H3,(H,20,23)(H,21,24)/t16-/m0/s1. The summed E-state index contributed by atoms with van der Waals surface area (Å²) in [6, 6.07) is 6.63. The van der Waals surface area contributed by atoms with Gasteiger partial charge in [-0.05, 0) is 38.3 Å². The molecule has 1 saturated heterocycles. The second-order valence-corrected chi connectivity index (χ2v) is 8.51. The van der Waals surface area contributed by atoms with Gasteiger partial charge >= 0.3 is 11.8 Å². The van der Waals surface area contributed by atoms with Crippen molar-refractivity contribution in [1.29, 1.82) is 0 Å². The Balaban J connectivity index is 1.98. The van der Waals surface area contributed by atoms with Crippen LogP contribution in [-0.2, 0) is 19.6 Å². The maximum absolute atomic E-state index is 13.0. The van der Waals surface area contributed by atoms with Crippen LogP contribution in [0.2, 0.25) is 0 Å². The van der Waals surface area contributed by atoms with Crippen LogP contribution in [0.5, 0.6) is 0 Å². The summed E-state index contributed by atoms with van der Waals surface area (Å²) in [5, 5.41) is 4.96. The van der Waals surface area contributed by atoms with Crippen LogP contribution >= 0.6 is 0 Å². The highest BCUT2D eigenvalue weighted by Crippen LogP contribution is 2.27. The second-order valence-electron chi connectivity index (χ2n) is 6.62. The molecule has 8 heteroatoms. The molecule has 1 atom stereocenters. The topological polar surface area (TPSA) is 95.6 Å². The van der Waals surface area contributed by atoms with E-state index in [0.29, 0.717) is 13.0 Å². The molecule has 27 heavy (non-hydrogen) atoms. The lowest BCUT2D eigenvalue weighted by atomic mass is 10.0. The molecular weight excluding hydrogens is 366 g/mol. The average Bonchev–Trinajstić information content (AvgIpc) is 2.66. The summed E-state index contributed by atoms with van der Waals surface area (Å²) < 4.78 is 27.5. The Kier molecular flexibility index (Phi) is 7.55. The van der Waals surface area contributed by atoms with Crippen molar-refractivity contribution in [2.45, 2.75) is 43.5 Å². The number of benzene rings is 1. The maximum atomic E-state index is 13.0. The van der Waals surface area contributed by atoms with Crippen LogP contribution in [0.15, 0.2) is 41.8 Å². The van der Waals surface area contributed by atoms with Crippen molar-refractivity contribution < 1.29 is 18.0 Å². The molecule has 0 spiro atoms. The highest BCUT2D eigenvalue weighted by molar-refractivity contribution is 7.89. The van der Waals surface area contributed by atoms with Gasteiger partial charge in [0.25, 0.3) is 0 Å². The molecule has 1 aliphatic heterocycles. The zero-order valence-corrected chi connectivity index (χ0v) is 16.4. The number of carbonyl (C=O) groups excluding carboxylic acids is 2. The lowest BCUT2D eigenvalue weighted by Crippen LogP contribution is -2.46. The summed E-state index contributed by atoms with van der Waals surface area (Å²) in [6.07, 6.45) is 4.45. The number of nitrogens with zero attached hydrogens (tertiary/aromatic N) is 1. The maximum Gasteiger partial charge on any atom is 0.309 e. The Morgan fingerprint density at radius 1 is 1.19 bits per heavy atom. The van der Waals surface area contributed by atoms with Gasteiger partial charge in [-0.15, -0.1) is 6.58 Å². The van der Waals surface area contributed by atoms with Crippen molar-refractivity contribution in [3.63, 3.8) is 0 Å². The van der Waals surface area contributed by atoms with Gasteiger partial charge in [0.05, 0.1) is 4.90 Å². The molecule has 148 valence electrons. The largest absolute Gasteiger partial charge is 0.348 e. The lowest BCUT2D eigenvalue weighted by molar-refractivity contribution is -0.139. The molecule has 1 heterocycles. The second kappa shape index (κ2) is 9.66. The molecule has 2 N–H and O–H groups in total. The smallest absolute Gasteiger partial charge is 0.309 e. The normalized spacial score (nSPS) is 17.9. The minimum absolute atomic E-state index is 0.193. The molecule has 7 nitrogen and oxygen atoms in total. The molecule has 1 aromatic carbocycles. The van der Waals surface area contributed by atoms with Crippen molar-refractivity contribution in [2.24, 2.45) is 0 Å². The Morgan fingerprint density at radius 2 is 1.85 bits per heavy atom. The fraction of sp³-hybridized carbons (Fsp3) is 0.474. The molecule has 0 unspecified atom stereocenters. The van der Waals surface area contributed by atoms with E-state index in [9.17, 15) is 18.0 Å². The first-order valence-electron chi connectivity index (χ1n) is 9.11. The van der Waals surface area contributed by atoms with Gasteiger partial charge < -0.3 is 10.6 Å². The SMILES string of the molecule is C=CCNC(=O)C(=O)NCC[C@@H]1CCCCN1S(=O)(=O)c1ccc(C)cc1. The molecule has 1 aromatic rings. The van der Waals surface area contributed by atoms with Gasteiger partial charge in [0, 0.05) is 25.7 Å². The van der Waals surface area contributed by atoms with E-state index in [1.807, 2.05) is 6.92 Å². The molecule has 1 fully saturated rings. The molecule has 0 radical (unpaired) electrons. The van der Waals surface area contributed by atoms with E-state index in [-0.39, 0.29) is 24.0 Å². The van der Waals surface area contributed by atoms with Crippen molar-refractivity contribution in [1.82, 2.24) is 14.9 Å². The minimum atomic E-state index is -3.58. The first kappa shape index (κ1) is 21.1. The zero-order valence-electron chi connectivity index (χ0n) is 15.6. The predicted molar refractivity (Wildman–Crippen MR) is 104 cm³/mol. The van der Waals surface area contributed by atoms with Crippen molar-refractivity contribution in [3.8, 4) is 0 Å². The van der Waals surface area contributed by atoms with Crippen LogP contribution in [-0.4, -0.2) is 50.2 Å². The predicted octanol–water partition coefficient (Wildman–Crippen LogP) is 1.35. The Bertz CT molecular complexity index is 775. The Morgan fingerprint density at radius 3 is 2.52 bits per heavy atom. The summed E-state index contributed by atoms with van der Waals surface area (Å²) in [5.74, 6) is -1.44. The van der Waals surface area contributed by atoms with Crippen molar-refractivity contribution in [3.05, 3.63) is 42.5 Å². The third-order valence-corrected chi connectivity index (χ3v) is 6.54. The van der Waals surface area contributed by atoms with Gasteiger partial charge in [-0.25, -0.2) is 8.42 Å². The van der Waals surface area contributed by atoms with Crippen LogP contribution < -0.4 is 10.6 Å². The molecule has 0 aliphatic carbocycles. The van der Waals surface area contributed by atoms with Crippen LogP contribution in [0.1, 0.15) is 31.2 Å². The highest BCUT2D eigenvalue weighted by atomic mass is 32.2. The van der Waals surface area contributed by atoms with E-state index in [1.54, 1.807) is 24.3 Å². The number of sulfonamides is 1. The minimum Gasteiger partial charge on any atom is -0.348 e. The molecule has 2 amide bonds. The fourth-order valence-corrected chi connectivity index (χ4v) is 4.83. The number of rotatable bonds is 7. The number of hydrogen-bond acceptors (Lipinski definition) is 4. The van der Waals surface area contributed by atoms with Crippen LogP contribution in [0, 0.1) is 6.92 Å². The van der Waals surface area contributed by atoms with Crippen molar-refractivity contribution >= 4 is 21.8 Å². The van der Waals surface area contributed by atoms with E-state index < -0.39 is 21.8 Å².